The first kappa shape index (κ1) is 20.5. The number of rotatable bonds is 6. The minimum Gasteiger partial charge on any atom is -0.491 e. The summed E-state index contributed by atoms with van der Waals surface area (Å²) in [6.45, 7) is 3.48. The van der Waals surface area contributed by atoms with E-state index in [9.17, 15) is 9.18 Å². The zero-order chi connectivity index (χ0) is 20.9. The number of morpholine rings is 1. The first-order chi connectivity index (χ1) is 14.6. The van der Waals surface area contributed by atoms with Crippen LogP contribution in [0.15, 0.2) is 36.7 Å². The van der Waals surface area contributed by atoms with Crippen molar-refractivity contribution in [2.45, 2.75) is 31.5 Å². The summed E-state index contributed by atoms with van der Waals surface area (Å²) < 4.78 is 24.4. The molecule has 9 heteroatoms. The van der Waals surface area contributed by atoms with Crippen molar-refractivity contribution in [2.75, 3.05) is 38.6 Å². The molecule has 2 saturated heterocycles. The molecule has 0 saturated carbocycles. The van der Waals surface area contributed by atoms with E-state index in [2.05, 4.69) is 14.9 Å². The highest BCUT2D eigenvalue weighted by Crippen LogP contribution is 2.22. The lowest BCUT2D eigenvalue weighted by Crippen LogP contribution is -2.55. The third-order valence-electron chi connectivity index (χ3n) is 5.54. The molecule has 2 aromatic rings. The number of hydrogen-bond acceptors (Lipinski definition) is 7. The third-order valence-corrected chi connectivity index (χ3v) is 5.54. The summed E-state index contributed by atoms with van der Waals surface area (Å²) in [6.07, 6.45) is 5.13. The predicted octanol–water partition coefficient (Wildman–Crippen LogP) is 1.47. The van der Waals surface area contributed by atoms with Crippen LogP contribution in [0.3, 0.4) is 0 Å². The van der Waals surface area contributed by atoms with Crippen molar-refractivity contribution in [2.24, 2.45) is 0 Å². The molecular weight excluding hydrogens is 389 g/mol. The molecule has 3 heterocycles. The molecule has 1 atom stereocenters. The zero-order valence-electron chi connectivity index (χ0n) is 16.7. The van der Waals surface area contributed by atoms with Crippen molar-refractivity contribution in [1.29, 1.82) is 0 Å². The Kier molecular flexibility index (Phi) is 6.39. The fourth-order valence-corrected chi connectivity index (χ4v) is 3.91. The Hall–Kier alpha value is -2.78. The van der Waals surface area contributed by atoms with Crippen molar-refractivity contribution in [3.05, 3.63) is 48.0 Å². The Morgan fingerprint density at radius 1 is 1.17 bits per heavy atom. The second-order valence-electron chi connectivity index (χ2n) is 7.70. The summed E-state index contributed by atoms with van der Waals surface area (Å²) in [6, 6.07) is 6.09. The maximum Gasteiger partial charge on any atom is 0.248 e. The topological polar surface area (TPSA) is 93.8 Å². The number of nitrogens with two attached hydrogens (primary N) is 1. The number of halogens is 1. The van der Waals surface area contributed by atoms with Crippen LogP contribution >= 0.6 is 0 Å². The average Bonchev–Trinajstić information content (AvgIpc) is 2.76. The van der Waals surface area contributed by atoms with Gasteiger partial charge in [-0.15, -0.1) is 0 Å². The fraction of sp³-hybridized carbons (Fsp3) is 0.476. The molecule has 30 heavy (non-hydrogen) atoms. The smallest absolute Gasteiger partial charge is 0.248 e. The summed E-state index contributed by atoms with van der Waals surface area (Å²) in [5, 5.41) is 0. The van der Waals surface area contributed by atoms with Gasteiger partial charge in [0.2, 0.25) is 11.9 Å². The van der Waals surface area contributed by atoms with E-state index in [1.807, 2.05) is 4.90 Å². The van der Waals surface area contributed by atoms with Gasteiger partial charge < -0.3 is 20.1 Å². The maximum absolute atomic E-state index is 13.0. The number of likely N-dealkylation sites (tertiary alicyclic amines) is 1. The number of aromatic nitrogens is 2. The number of nitrogens with zero attached hydrogens (tertiary/aromatic N) is 4. The molecule has 1 aromatic carbocycles. The number of carbonyl (C=O) groups is 1. The first-order valence-corrected chi connectivity index (χ1v) is 10.1. The molecule has 1 aromatic heterocycles. The van der Waals surface area contributed by atoms with Gasteiger partial charge in [0.05, 0.1) is 6.54 Å². The quantitative estimate of drug-likeness (QED) is 0.764. The highest BCUT2D eigenvalue weighted by atomic mass is 19.1. The van der Waals surface area contributed by atoms with E-state index in [4.69, 9.17) is 15.2 Å². The third kappa shape index (κ3) is 5.22. The molecule has 2 N–H and O–H groups in total. The number of anilines is 1. The van der Waals surface area contributed by atoms with Gasteiger partial charge in [-0.2, -0.15) is 0 Å². The van der Waals surface area contributed by atoms with Crippen molar-refractivity contribution < 1.29 is 18.7 Å². The van der Waals surface area contributed by atoms with E-state index >= 15 is 0 Å². The predicted molar refractivity (Wildman–Crippen MR) is 108 cm³/mol. The summed E-state index contributed by atoms with van der Waals surface area (Å²) in [5.41, 5.74) is 6.57. The van der Waals surface area contributed by atoms with Crippen molar-refractivity contribution in [3.63, 3.8) is 0 Å². The number of carbonyl (C=O) groups excluding carboxylic acids is 1. The standard InChI is InChI=1S/C21H26FN5O3/c22-16-1-3-18(4-2-16)29-13-19-12-27(20(28)14-30-19)17-5-7-26(8-6-17)11-15-9-24-21(23)25-10-15/h1-4,9-10,17,19H,5-8,11-14H2,(H2,23,24,25). The highest BCUT2D eigenvalue weighted by Gasteiger charge is 2.33. The van der Waals surface area contributed by atoms with Gasteiger partial charge in [0.1, 0.15) is 30.9 Å². The highest BCUT2D eigenvalue weighted by molar-refractivity contribution is 5.78. The zero-order valence-corrected chi connectivity index (χ0v) is 16.7. The number of benzene rings is 1. The number of amides is 1. The molecular formula is C21H26FN5O3. The molecule has 1 unspecified atom stereocenters. The van der Waals surface area contributed by atoms with Crippen LogP contribution in [0.4, 0.5) is 10.3 Å². The lowest BCUT2D eigenvalue weighted by atomic mass is 10.0. The van der Waals surface area contributed by atoms with E-state index in [-0.39, 0.29) is 36.4 Å². The van der Waals surface area contributed by atoms with Gasteiger partial charge >= 0.3 is 0 Å². The van der Waals surface area contributed by atoms with Gasteiger partial charge in [-0.1, -0.05) is 0 Å². The SMILES string of the molecule is Nc1ncc(CN2CCC(N3CC(COc4ccc(F)cc4)OCC3=O)CC2)cn1. The maximum atomic E-state index is 13.0. The Morgan fingerprint density at radius 3 is 2.57 bits per heavy atom. The normalized spacial score (nSPS) is 21.0. The summed E-state index contributed by atoms with van der Waals surface area (Å²) in [5.74, 6) is 0.589. The minimum absolute atomic E-state index is 0.0263. The average molecular weight is 415 g/mol. The fourth-order valence-electron chi connectivity index (χ4n) is 3.91. The lowest BCUT2D eigenvalue weighted by molar-refractivity contribution is -0.155. The Balaban J connectivity index is 1.26. The van der Waals surface area contributed by atoms with Crippen LogP contribution in [0.2, 0.25) is 0 Å². The van der Waals surface area contributed by atoms with Crippen molar-refractivity contribution in [1.82, 2.24) is 19.8 Å². The van der Waals surface area contributed by atoms with Gasteiger partial charge in [-0.25, -0.2) is 14.4 Å². The summed E-state index contributed by atoms with van der Waals surface area (Å²) in [7, 11) is 0. The van der Waals surface area contributed by atoms with Gasteiger partial charge in [-0.05, 0) is 37.1 Å². The van der Waals surface area contributed by atoms with Crippen LogP contribution in [-0.2, 0) is 16.1 Å². The lowest BCUT2D eigenvalue weighted by Gasteiger charge is -2.42. The van der Waals surface area contributed by atoms with E-state index in [0.717, 1.165) is 38.0 Å². The molecule has 2 aliphatic rings. The van der Waals surface area contributed by atoms with Crippen molar-refractivity contribution >= 4 is 11.9 Å². The van der Waals surface area contributed by atoms with Crippen LogP contribution < -0.4 is 10.5 Å². The second-order valence-corrected chi connectivity index (χ2v) is 7.70. The molecule has 4 rings (SSSR count). The monoisotopic (exact) mass is 415 g/mol. The Labute approximate surface area is 174 Å². The number of nitrogen functional groups attached to an aromatic ring is 1. The number of hydrogen-bond donors (Lipinski definition) is 1. The number of piperidine rings is 1. The van der Waals surface area contributed by atoms with E-state index in [1.165, 1.54) is 12.1 Å². The Morgan fingerprint density at radius 2 is 1.87 bits per heavy atom. The first-order valence-electron chi connectivity index (χ1n) is 10.1. The largest absolute Gasteiger partial charge is 0.491 e. The second kappa shape index (κ2) is 9.36. The van der Waals surface area contributed by atoms with E-state index in [0.29, 0.717) is 18.9 Å². The molecule has 0 aliphatic carbocycles. The van der Waals surface area contributed by atoms with Crippen LogP contribution in [0.5, 0.6) is 5.75 Å². The van der Waals surface area contributed by atoms with Gasteiger partial charge in [0.25, 0.3) is 0 Å². The molecule has 2 fully saturated rings. The van der Waals surface area contributed by atoms with Crippen LogP contribution in [0, 0.1) is 5.82 Å². The molecule has 8 nitrogen and oxygen atoms in total. The molecule has 0 radical (unpaired) electrons. The van der Waals surface area contributed by atoms with E-state index in [1.54, 1.807) is 24.5 Å². The van der Waals surface area contributed by atoms with E-state index < -0.39 is 0 Å². The van der Waals surface area contributed by atoms with Crippen LogP contribution in [0.25, 0.3) is 0 Å². The van der Waals surface area contributed by atoms with Crippen LogP contribution in [-0.4, -0.2) is 70.7 Å². The summed E-state index contributed by atoms with van der Waals surface area (Å²) in [4.78, 5) is 24.8. The number of ether oxygens (including phenoxy) is 2. The molecule has 160 valence electrons. The minimum atomic E-state index is -0.302. The molecule has 2 aliphatic heterocycles. The van der Waals surface area contributed by atoms with Gasteiger partial charge in [-0.3, -0.25) is 9.69 Å². The summed E-state index contributed by atoms with van der Waals surface area (Å²) >= 11 is 0. The van der Waals surface area contributed by atoms with Crippen LogP contribution in [0.1, 0.15) is 18.4 Å². The Bertz CT molecular complexity index is 841. The molecule has 0 spiro atoms. The van der Waals surface area contributed by atoms with Gasteiger partial charge in [0.15, 0.2) is 0 Å². The van der Waals surface area contributed by atoms with Gasteiger partial charge in [0, 0.05) is 43.6 Å². The molecule has 1 amide bonds. The molecule has 0 bridgehead atoms. The van der Waals surface area contributed by atoms with Crippen molar-refractivity contribution in [3.8, 4) is 5.75 Å².